The van der Waals surface area contributed by atoms with Crippen LogP contribution in [-0.4, -0.2) is 11.1 Å². The molecule has 3 nitrogen and oxygen atoms in total. The van der Waals surface area contributed by atoms with Crippen molar-refractivity contribution in [3.05, 3.63) is 112 Å². The van der Waals surface area contributed by atoms with Gasteiger partial charge < -0.3 is 9.52 Å². The SMILES string of the molecule is CCC(=C(c1ccc(C=CC(=O)O)cc1)c1coc2ccccc12)c1ccc(F)cc1Cl. The van der Waals surface area contributed by atoms with Gasteiger partial charge in [-0.1, -0.05) is 67.1 Å². The fourth-order valence-corrected chi connectivity index (χ4v) is 4.11. The standard InChI is InChI=1S/C27H20ClFO3/c1-2-20(21-13-12-19(29)15-24(21)28)27(23-16-32-25-6-4-3-5-22(23)25)18-10-7-17(8-11-18)9-14-26(30)31/h3-16H,2H2,1H3,(H,30,31). The second kappa shape index (κ2) is 9.25. The van der Waals surface area contributed by atoms with Crippen molar-refractivity contribution in [1.82, 2.24) is 0 Å². The summed E-state index contributed by atoms with van der Waals surface area (Å²) in [5.74, 6) is -1.39. The summed E-state index contributed by atoms with van der Waals surface area (Å²) in [5.41, 5.74) is 6.00. The van der Waals surface area contributed by atoms with E-state index < -0.39 is 5.97 Å². The Bertz CT molecular complexity index is 1350. The molecule has 4 rings (SSSR count). The number of benzene rings is 3. The monoisotopic (exact) mass is 446 g/mol. The number of furan rings is 1. The van der Waals surface area contributed by atoms with Crippen LogP contribution in [0.15, 0.2) is 83.5 Å². The first-order valence-corrected chi connectivity index (χ1v) is 10.5. The van der Waals surface area contributed by atoms with E-state index in [0.29, 0.717) is 11.4 Å². The smallest absolute Gasteiger partial charge is 0.328 e. The van der Waals surface area contributed by atoms with E-state index in [-0.39, 0.29) is 5.82 Å². The van der Waals surface area contributed by atoms with Gasteiger partial charge in [0.15, 0.2) is 0 Å². The molecule has 0 saturated heterocycles. The van der Waals surface area contributed by atoms with Crippen molar-refractivity contribution in [3.63, 3.8) is 0 Å². The predicted octanol–water partition coefficient (Wildman–Crippen LogP) is 7.69. The van der Waals surface area contributed by atoms with Crippen molar-refractivity contribution in [3.8, 4) is 0 Å². The predicted molar refractivity (Wildman–Crippen MR) is 127 cm³/mol. The zero-order valence-electron chi connectivity index (χ0n) is 17.3. The minimum Gasteiger partial charge on any atom is -0.478 e. The van der Waals surface area contributed by atoms with Crippen LogP contribution in [-0.2, 0) is 4.79 Å². The Morgan fingerprint density at radius 2 is 1.81 bits per heavy atom. The largest absolute Gasteiger partial charge is 0.478 e. The van der Waals surface area contributed by atoms with E-state index in [2.05, 4.69) is 0 Å². The average Bonchev–Trinajstić information content (AvgIpc) is 3.21. The van der Waals surface area contributed by atoms with Gasteiger partial charge in [-0.25, -0.2) is 9.18 Å². The van der Waals surface area contributed by atoms with Gasteiger partial charge in [0, 0.05) is 17.0 Å². The highest BCUT2D eigenvalue weighted by atomic mass is 35.5. The molecule has 1 aromatic heterocycles. The minimum atomic E-state index is -1.00. The van der Waals surface area contributed by atoms with Crippen LogP contribution in [0.2, 0.25) is 5.02 Å². The van der Waals surface area contributed by atoms with Crippen molar-refractivity contribution >= 4 is 45.8 Å². The summed E-state index contributed by atoms with van der Waals surface area (Å²) in [6, 6.07) is 19.8. The normalized spacial score (nSPS) is 12.3. The van der Waals surface area contributed by atoms with E-state index in [0.717, 1.165) is 50.4 Å². The summed E-state index contributed by atoms with van der Waals surface area (Å²) in [6.45, 7) is 2.03. The molecule has 0 bridgehead atoms. The maximum Gasteiger partial charge on any atom is 0.328 e. The van der Waals surface area contributed by atoms with Crippen LogP contribution in [0.5, 0.6) is 0 Å². The van der Waals surface area contributed by atoms with E-state index in [1.807, 2.05) is 55.5 Å². The first-order valence-electron chi connectivity index (χ1n) is 10.1. The van der Waals surface area contributed by atoms with Gasteiger partial charge in [-0.15, -0.1) is 0 Å². The van der Waals surface area contributed by atoms with Gasteiger partial charge in [-0.2, -0.15) is 0 Å². The second-order valence-electron chi connectivity index (χ2n) is 7.27. The van der Waals surface area contributed by atoms with Gasteiger partial charge in [0.05, 0.1) is 11.3 Å². The number of carbonyl (C=O) groups is 1. The number of para-hydroxylation sites is 1. The van der Waals surface area contributed by atoms with Gasteiger partial charge in [0.25, 0.3) is 0 Å². The Labute approximate surface area is 190 Å². The van der Waals surface area contributed by atoms with Gasteiger partial charge in [0.2, 0.25) is 0 Å². The molecule has 5 heteroatoms. The van der Waals surface area contributed by atoms with Crippen LogP contribution in [0.25, 0.3) is 28.2 Å². The molecule has 160 valence electrons. The van der Waals surface area contributed by atoms with Crippen LogP contribution in [0.1, 0.15) is 35.6 Å². The third-order valence-corrected chi connectivity index (χ3v) is 5.59. The van der Waals surface area contributed by atoms with E-state index in [1.54, 1.807) is 18.4 Å². The fourth-order valence-electron chi connectivity index (χ4n) is 3.83. The molecule has 0 aliphatic heterocycles. The Morgan fingerprint density at radius 1 is 1.06 bits per heavy atom. The maximum atomic E-state index is 13.7. The number of hydrogen-bond donors (Lipinski definition) is 1. The molecule has 32 heavy (non-hydrogen) atoms. The van der Waals surface area contributed by atoms with E-state index in [1.165, 1.54) is 12.1 Å². The molecular weight excluding hydrogens is 427 g/mol. The quantitative estimate of drug-likeness (QED) is 0.244. The Hall–Kier alpha value is -3.63. The molecule has 0 saturated carbocycles. The molecule has 4 aromatic rings. The number of hydrogen-bond acceptors (Lipinski definition) is 2. The van der Waals surface area contributed by atoms with Gasteiger partial charge >= 0.3 is 5.97 Å². The van der Waals surface area contributed by atoms with Crippen LogP contribution < -0.4 is 0 Å². The summed E-state index contributed by atoms with van der Waals surface area (Å²) >= 11 is 6.45. The lowest BCUT2D eigenvalue weighted by Crippen LogP contribution is -1.96. The van der Waals surface area contributed by atoms with Crippen LogP contribution >= 0.6 is 11.6 Å². The number of allylic oxidation sites excluding steroid dienone is 1. The molecule has 0 aliphatic carbocycles. The Balaban J connectivity index is 1.96. The molecule has 0 atom stereocenters. The Kier molecular flexibility index (Phi) is 6.24. The van der Waals surface area contributed by atoms with Gasteiger partial charge in [0.1, 0.15) is 11.4 Å². The fraction of sp³-hybridized carbons (Fsp3) is 0.0741. The van der Waals surface area contributed by atoms with Crippen molar-refractivity contribution in [2.45, 2.75) is 13.3 Å². The molecule has 0 aliphatic rings. The summed E-state index contributed by atoms with van der Waals surface area (Å²) in [5, 5.41) is 10.2. The van der Waals surface area contributed by atoms with Crippen LogP contribution in [0.4, 0.5) is 4.39 Å². The lowest BCUT2D eigenvalue weighted by molar-refractivity contribution is -0.131. The second-order valence-corrected chi connectivity index (χ2v) is 7.68. The Morgan fingerprint density at radius 3 is 2.50 bits per heavy atom. The molecule has 0 fully saturated rings. The molecule has 1 N–H and O–H groups in total. The van der Waals surface area contributed by atoms with E-state index in [4.69, 9.17) is 21.1 Å². The number of fused-ring (bicyclic) bond motifs is 1. The lowest BCUT2D eigenvalue weighted by atomic mass is 9.87. The van der Waals surface area contributed by atoms with Crippen molar-refractivity contribution in [2.75, 3.05) is 0 Å². The van der Waals surface area contributed by atoms with Gasteiger partial charge in [-0.3, -0.25) is 0 Å². The zero-order valence-corrected chi connectivity index (χ0v) is 18.1. The van der Waals surface area contributed by atoms with Crippen molar-refractivity contribution in [2.24, 2.45) is 0 Å². The first kappa shape index (κ1) is 21.6. The van der Waals surface area contributed by atoms with Gasteiger partial charge in [-0.05, 0) is 58.5 Å². The maximum absolute atomic E-state index is 13.7. The molecule has 0 amide bonds. The number of aliphatic carboxylic acids is 1. The van der Waals surface area contributed by atoms with E-state index in [9.17, 15) is 9.18 Å². The highest BCUT2D eigenvalue weighted by molar-refractivity contribution is 6.32. The summed E-state index contributed by atoms with van der Waals surface area (Å²) in [6.07, 6.45) is 5.03. The molecule has 1 heterocycles. The molecule has 0 spiro atoms. The number of carboxylic acid groups (broad SMARTS) is 1. The highest BCUT2D eigenvalue weighted by Crippen LogP contribution is 2.40. The average molecular weight is 447 g/mol. The number of carboxylic acids is 1. The summed E-state index contributed by atoms with van der Waals surface area (Å²) in [4.78, 5) is 10.8. The molecule has 0 radical (unpaired) electrons. The van der Waals surface area contributed by atoms with Crippen molar-refractivity contribution < 1.29 is 18.7 Å². The minimum absolute atomic E-state index is 0.341. The molecule has 0 unspecified atom stereocenters. The first-order chi connectivity index (χ1) is 15.5. The van der Waals surface area contributed by atoms with Crippen molar-refractivity contribution in [1.29, 1.82) is 0 Å². The number of rotatable bonds is 6. The lowest BCUT2D eigenvalue weighted by Gasteiger charge is -2.16. The number of halogens is 2. The third kappa shape index (κ3) is 4.36. The van der Waals surface area contributed by atoms with Crippen LogP contribution in [0.3, 0.4) is 0 Å². The zero-order chi connectivity index (χ0) is 22.7. The highest BCUT2D eigenvalue weighted by Gasteiger charge is 2.19. The van der Waals surface area contributed by atoms with Crippen LogP contribution in [0, 0.1) is 5.82 Å². The molecule has 3 aromatic carbocycles. The summed E-state index contributed by atoms with van der Waals surface area (Å²) < 4.78 is 19.5. The topological polar surface area (TPSA) is 50.4 Å². The third-order valence-electron chi connectivity index (χ3n) is 5.28. The van der Waals surface area contributed by atoms with E-state index >= 15 is 0 Å². The summed E-state index contributed by atoms with van der Waals surface area (Å²) in [7, 11) is 0. The molecular formula is C27H20ClFO3.